The summed E-state index contributed by atoms with van der Waals surface area (Å²) >= 11 is 5.10. The second-order valence-electron chi connectivity index (χ2n) is 5.67. The van der Waals surface area contributed by atoms with Gasteiger partial charge < -0.3 is 15.7 Å². The summed E-state index contributed by atoms with van der Waals surface area (Å²) in [5, 5.41) is 15.4. The van der Waals surface area contributed by atoms with Crippen LogP contribution in [0, 0.1) is 0 Å². The van der Waals surface area contributed by atoms with Gasteiger partial charge in [0.15, 0.2) is 5.11 Å². The van der Waals surface area contributed by atoms with Crippen molar-refractivity contribution in [3.63, 3.8) is 0 Å². The lowest BCUT2D eigenvalue weighted by Crippen LogP contribution is -2.35. The summed E-state index contributed by atoms with van der Waals surface area (Å²) in [6, 6.07) is 6.55. The molecule has 0 aliphatic carbocycles. The molecule has 23 heavy (non-hydrogen) atoms. The van der Waals surface area contributed by atoms with E-state index in [1.807, 2.05) is 0 Å². The molecule has 1 atom stereocenters. The van der Waals surface area contributed by atoms with Crippen molar-refractivity contribution in [1.29, 1.82) is 0 Å². The predicted octanol–water partition coefficient (Wildman–Crippen LogP) is 1.53. The molecule has 2 rings (SSSR count). The van der Waals surface area contributed by atoms with Crippen molar-refractivity contribution < 1.29 is 13.5 Å². The Morgan fingerprint density at radius 3 is 2.43 bits per heavy atom. The fourth-order valence-corrected chi connectivity index (χ4v) is 4.10. The highest BCUT2D eigenvalue weighted by Gasteiger charge is 2.25. The van der Waals surface area contributed by atoms with Crippen molar-refractivity contribution >= 4 is 33.0 Å². The van der Waals surface area contributed by atoms with Gasteiger partial charge in [0.1, 0.15) is 0 Å². The van der Waals surface area contributed by atoms with Crippen LogP contribution in [0.4, 0.5) is 5.69 Å². The molecule has 0 spiro atoms. The van der Waals surface area contributed by atoms with Gasteiger partial charge in [-0.15, -0.1) is 0 Å². The van der Waals surface area contributed by atoms with E-state index < -0.39 is 16.1 Å². The van der Waals surface area contributed by atoms with Gasteiger partial charge in [-0.25, -0.2) is 8.42 Å². The van der Waals surface area contributed by atoms with E-state index in [0.29, 0.717) is 35.3 Å². The molecular weight excluding hydrogens is 334 g/mol. The average Bonchev–Trinajstić information content (AvgIpc) is 2.54. The third kappa shape index (κ3) is 5.13. The standard InChI is InChI=1S/C15H23N3O3S2/c1-12(19)11-16-15(22)17-13-5-7-14(8-6-13)23(20,21)18-9-3-2-4-10-18/h5-8,12,19H,2-4,9-11H2,1H3,(H2,16,17,22). The van der Waals surface area contributed by atoms with Crippen LogP contribution in [-0.4, -0.2) is 48.7 Å². The third-order valence-electron chi connectivity index (χ3n) is 3.62. The number of aliphatic hydroxyl groups excluding tert-OH is 1. The van der Waals surface area contributed by atoms with Gasteiger partial charge >= 0.3 is 0 Å². The lowest BCUT2D eigenvalue weighted by Gasteiger charge is -2.25. The van der Waals surface area contributed by atoms with Gasteiger partial charge in [-0.3, -0.25) is 0 Å². The average molecular weight is 358 g/mol. The van der Waals surface area contributed by atoms with Crippen LogP contribution in [0.5, 0.6) is 0 Å². The minimum atomic E-state index is -3.40. The molecular formula is C15H23N3O3S2. The first-order valence-electron chi connectivity index (χ1n) is 7.73. The Hall–Kier alpha value is -1.22. The molecule has 1 aliphatic heterocycles. The fourth-order valence-electron chi connectivity index (χ4n) is 2.38. The maximum atomic E-state index is 12.5. The van der Waals surface area contributed by atoms with Crippen molar-refractivity contribution in [1.82, 2.24) is 9.62 Å². The molecule has 1 saturated heterocycles. The maximum absolute atomic E-state index is 12.5. The summed E-state index contributed by atoms with van der Waals surface area (Å²) in [5.74, 6) is 0. The number of hydrogen-bond acceptors (Lipinski definition) is 4. The van der Waals surface area contributed by atoms with E-state index in [9.17, 15) is 13.5 Å². The van der Waals surface area contributed by atoms with Gasteiger partial charge in [-0.2, -0.15) is 4.31 Å². The van der Waals surface area contributed by atoms with Gasteiger partial charge in [-0.05, 0) is 56.2 Å². The Morgan fingerprint density at radius 2 is 1.87 bits per heavy atom. The van der Waals surface area contributed by atoms with Crippen molar-refractivity contribution in [2.75, 3.05) is 25.0 Å². The fraction of sp³-hybridized carbons (Fsp3) is 0.533. The van der Waals surface area contributed by atoms with E-state index in [4.69, 9.17) is 12.2 Å². The number of sulfonamides is 1. The van der Waals surface area contributed by atoms with Gasteiger partial charge in [0.25, 0.3) is 0 Å². The Kier molecular flexibility index (Phi) is 6.34. The first kappa shape index (κ1) is 18.1. The van der Waals surface area contributed by atoms with E-state index in [-0.39, 0.29) is 0 Å². The Bertz CT molecular complexity index is 624. The molecule has 0 radical (unpaired) electrons. The number of piperidine rings is 1. The number of hydrogen-bond donors (Lipinski definition) is 3. The van der Waals surface area contributed by atoms with Crippen LogP contribution in [0.15, 0.2) is 29.2 Å². The summed E-state index contributed by atoms with van der Waals surface area (Å²) in [6.45, 7) is 3.20. The predicted molar refractivity (Wildman–Crippen MR) is 95.0 cm³/mol. The van der Waals surface area contributed by atoms with Crippen LogP contribution in [0.3, 0.4) is 0 Å². The normalized spacial score (nSPS) is 17.5. The molecule has 128 valence electrons. The Balaban J connectivity index is 2.00. The smallest absolute Gasteiger partial charge is 0.243 e. The number of nitrogens with zero attached hydrogens (tertiary/aromatic N) is 1. The largest absolute Gasteiger partial charge is 0.392 e. The highest BCUT2D eigenvalue weighted by molar-refractivity contribution is 7.89. The maximum Gasteiger partial charge on any atom is 0.243 e. The molecule has 0 amide bonds. The molecule has 0 bridgehead atoms. The Labute approximate surface area is 142 Å². The SMILES string of the molecule is CC(O)CNC(=S)Nc1ccc(S(=O)(=O)N2CCCCC2)cc1. The second kappa shape index (κ2) is 8.05. The number of nitrogens with one attached hydrogen (secondary N) is 2. The number of benzene rings is 1. The first-order valence-corrected chi connectivity index (χ1v) is 9.57. The van der Waals surface area contributed by atoms with E-state index in [1.54, 1.807) is 35.5 Å². The van der Waals surface area contributed by atoms with Gasteiger partial charge in [-0.1, -0.05) is 6.42 Å². The molecule has 1 aliphatic rings. The molecule has 8 heteroatoms. The zero-order valence-corrected chi connectivity index (χ0v) is 14.8. The minimum absolute atomic E-state index is 0.299. The van der Waals surface area contributed by atoms with Crippen molar-refractivity contribution in [2.45, 2.75) is 37.2 Å². The van der Waals surface area contributed by atoms with Crippen molar-refractivity contribution in [2.24, 2.45) is 0 Å². The minimum Gasteiger partial charge on any atom is -0.392 e. The molecule has 1 unspecified atom stereocenters. The highest BCUT2D eigenvalue weighted by Crippen LogP contribution is 2.21. The summed E-state index contributed by atoms with van der Waals surface area (Å²) < 4.78 is 26.6. The molecule has 1 fully saturated rings. The zero-order chi connectivity index (χ0) is 16.9. The molecule has 0 aromatic heterocycles. The lowest BCUT2D eigenvalue weighted by molar-refractivity contribution is 0.198. The summed E-state index contributed by atoms with van der Waals surface area (Å²) in [7, 11) is -3.40. The summed E-state index contributed by atoms with van der Waals surface area (Å²) in [4.78, 5) is 0.299. The second-order valence-corrected chi connectivity index (χ2v) is 8.02. The topological polar surface area (TPSA) is 81.7 Å². The van der Waals surface area contributed by atoms with E-state index in [0.717, 1.165) is 19.3 Å². The Morgan fingerprint density at radius 1 is 1.26 bits per heavy atom. The summed E-state index contributed by atoms with van der Waals surface area (Å²) in [6.07, 6.45) is 2.43. The van der Waals surface area contributed by atoms with E-state index in [1.165, 1.54) is 0 Å². The number of rotatable bonds is 5. The molecule has 3 N–H and O–H groups in total. The zero-order valence-electron chi connectivity index (χ0n) is 13.2. The van der Waals surface area contributed by atoms with Crippen LogP contribution in [0.1, 0.15) is 26.2 Å². The van der Waals surface area contributed by atoms with Crippen LogP contribution in [0.2, 0.25) is 0 Å². The summed E-state index contributed by atoms with van der Waals surface area (Å²) in [5.41, 5.74) is 0.700. The molecule has 1 aromatic rings. The molecule has 0 saturated carbocycles. The number of anilines is 1. The van der Waals surface area contributed by atoms with Crippen LogP contribution in [0.25, 0.3) is 0 Å². The first-order chi connectivity index (χ1) is 10.9. The quantitative estimate of drug-likeness (QED) is 0.694. The van der Waals surface area contributed by atoms with E-state index in [2.05, 4.69) is 10.6 Å². The van der Waals surface area contributed by atoms with E-state index >= 15 is 0 Å². The monoisotopic (exact) mass is 357 g/mol. The van der Waals surface area contributed by atoms with Crippen LogP contribution >= 0.6 is 12.2 Å². The number of thiocarbonyl (C=S) groups is 1. The van der Waals surface area contributed by atoms with Crippen molar-refractivity contribution in [3.05, 3.63) is 24.3 Å². The van der Waals surface area contributed by atoms with Crippen LogP contribution in [-0.2, 0) is 10.0 Å². The highest BCUT2D eigenvalue weighted by atomic mass is 32.2. The van der Waals surface area contributed by atoms with Crippen LogP contribution < -0.4 is 10.6 Å². The third-order valence-corrected chi connectivity index (χ3v) is 5.78. The van der Waals surface area contributed by atoms with Gasteiger partial charge in [0.2, 0.25) is 10.0 Å². The lowest BCUT2D eigenvalue weighted by atomic mass is 10.2. The van der Waals surface area contributed by atoms with Gasteiger partial charge in [0.05, 0.1) is 11.0 Å². The molecule has 1 aromatic carbocycles. The number of aliphatic hydroxyl groups is 1. The van der Waals surface area contributed by atoms with Crippen molar-refractivity contribution in [3.8, 4) is 0 Å². The molecule has 1 heterocycles. The van der Waals surface area contributed by atoms with Gasteiger partial charge in [0, 0.05) is 25.3 Å². The molecule has 6 nitrogen and oxygen atoms in total.